The van der Waals surface area contributed by atoms with E-state index in [0.29, 0.717) is 34.0 Å². The first-order valence-electron chi connectivity index (χ1n) is 10.5. The summed E-state index contributed by atoms with van der Waals surface area (Å²) in [4.78, 5) is 12.7. The monoisotopic (exact) mass is 499 g/mol. The van der Waals surface area contributed by atoms with Crippen molar-refractivity contribution < 1.29 is 17.9 Å². The first-order valence-corrected chi connectivity index (χ1v) is 13.7. The van der Waals surface area contributed by atoms with Gasteiger partial charge in [-0.25, -0.2) is 8.42 Å². The van der Waals surface area contributed by atoms with E-state index in [0.717, 1.165) is 25.7 Å². The van der Waals surface area contributed by atoms with E-state index < -0.39 is 10.0 Å². The number of rotatable bonds is 9. The van der Waals surface area contributed by atoms with Crippen LogP contribution in [0.4, 0.5) is 10.8 Å². The van der Waals surface area contributed by atoms with Crippen LogP contribution in [0.3, 0.4) is 0 Å². The summed E-state index contributed by atoms with van der Waals surface area (Å²) >= 11 is 2.65. The number of thioether (sulfide) groups is 1. The topological polar surface area (TPSA) is 114 Å². The summed E-state index contributed by atoms with van der Waals surface area (Å²) in [7, 11) is -2.15. The molecule has 2 N–H and O–H groups in total. The van der Waals surface area contributed by atoms with E-state index in [1.807, 2.05) is 13.8 Å². The number of hydrogen-bond donors (Lipinski definition) is 2. The lowest BCUT2D eigenvalue weighted by molar-refractivity contribution is -0.113. The van der Waals surface area contributed by atoms with Crippen molar-refractivity contribution in [1.29, 1.82) is 0 Å². The number of aromatic nitrogens is 2. The van der Waals surface area contributed by atoms with Gasteiger partial charge in [0.25, 0.3) is 0 Å². The Morgan fingerprint density at radius 2 is 1.94 bits per heavy atom. The van der Waals surface area contributed by atoms with Crippen LogP contribution >= 0.6 is 23.1 Å². The fraction of sp³-hybridized carbons (Fsp3) is 0.550. The number of carbonyl (C=O) groups excluding carboxylic acids is 1. The molecular formula is C20H29N5O4S3. The van der Waals surface area contributed by atoms with Gasteiger partial charge in [0.05, 0.1) is 23.4 Å². The van der Waals surface area contributed by atoms with Gasteiger partial charge in [-0.3, -0.25) is 4.79 Å². The Kier molecular flexibility index (Phi) is 8.74. The quantitative estimate of drug-likeness (QED) is 0.503. The van der Waals surface area contributed by atoms with E-state index in [2.05, 4.69) is 20.8 Å². The largest absolute Gasteiger partial charge is 0.495 e. The molecule has 2 heterocycles. The Balaban J connectivity index is 1.68. The third kappa shape index (κ3) is 6.56. The van der Waals surface area contributed by atoms with Crippen molar-refractivity contribution in [2.45, 2.75) is 54.8 Å². The molecule has 1 fully saturated rings. The van der Waals surface area contributed by atoms with Gasteiger partial charge in [-0.2, -0.15) is 4.31 Å². The van der Waals surface area contributed by atoms with Gasteiger partial charge in [0, 0.05) is 19.1 Å². The molecule has 0 aliphatic carbocycles. The molecule has 0 atom stereocenters. The van der Waals surface area contributed by atoms with Crippen LogP contribution in [0.5, 0.6) is 5.75 Å². The van der Waals surface area contributed by atoms with Crippen molar-refractivity contribution in [3.8, 4) is 5.75 Å². The number of methoxy groups -OCH3 is 1. The Morgan fingerprint density at radius 3 is 2.59 bits per heavy atom. The maximum atomic E-state index is 13.1. The molecular weight excluding hydrogens is 470 g/mol. The van der Waals surface area contributed by atoms with Crippen molar-refractivity contribution >= 4 is 49.8 Å². The summed E-state index contributed by atoms with van der Waals surface area (Å²) in [5.41, 5.74) is 0.327. The SMILES string of the molecule is COc1ccc(S(=O)(=O)N2CCCCCC2)cc1NC(=O)CSc1nnc(NC(C)C)s1. The Bertz CT molecular complexity index is 1020. The van der Waals surface area contributed by atoms with Crippen LogP contribution in [0.15, 0.2) is 27.4 Å². The molecule has 9 nitrogen and oxygen atoms in total. The minimum atomic E-state index is -3.63. The minimum absolute atomic E-state index is 0.114. The molecule has 1 saturated heterocycles. The van der Waals surface area contributed by atoms with E-state index in [9.17, 15) is 13.2 Å². The molecule has 0 spiro atoms. The van der Waals surface area contributed by atoms with Gasteiger partial charge in [-0.05, 0) is 44.9 Å². The fourth-order valence-corrected chi connectivity index (χ4v) is 6.51. The third-order valence-corrected chi connectivity index (χ3v) is 8.68. The predicted molar refractivity (Wildman–Crippen MR) is 128 cm³/mol. The third-order valence-electron chi connectivity index (χ3n) is 4.79. The second-order valence-corrected chi connectivity index (χ2v) is 11.8. The molecule has 0 bridgehead atoms. The predicted octanol–water partition coefficient (Wildman–Crippen LogP) is 3.66. The molecule has 0 radical (unpaired) electrons. The number of amides is 1. The highest BCUT2D eigenvalue weighted by Gasteiger charge is 2.26. The van der Waals surface area contributed by atoms with Crippen LogP contribution in [0.1, 0.15) is 39.5 Å². The molecule has 0 saturated carbocycles. The van der Waals surface area contributed by atoms with Gasteiger partial charge >= 0.3 is 0 Å². The number of anilines is 2. The summed E-state index contributed by atoms with van der Waals surface area (Å²) in [6.45, 7) is 5.05. The Labute approximate surface area is 197 Å². The number of carbonyl (C=O) groups is 1. The summed E-state index contributed by atoms with van der Waals surface area (Å²) in [6.07, 6.45) is 3.79. The van der Waals surface area contributed by atoms with Crippen LogP contribution in [-0.4, -0.2) is 60.8 Å². The maximum Gasteiger partial charge on any atom is 0.243 e. The standard InChI is InChI=1S/C20H29N5O4S3/c1-14(2)21-19-23-24-20(31-19)30-13-18(26)22-16-12-15(8-9-17(16)29-3)32(27,28)25-10-6-4-5-7-11-25/h8-9,12,14H,4-7,10-11,13H2,1-3H3,(H,21,23)(H,22,26). The smallest absolute Gasteiger partial charge is 0.243 e. The molecule has 1 amide bonds. The van der Waals surface area contributed by atoms with E-state index in [1.165, 1.54) is 46.6 Å². The summed E-state index contributed by atoms with van der Waals surface area (Å²) in [5, 5.41) is 14.8. The molecule has 1 aliphatic rings. The van der Waals surface area contributed by atoms with Gasteiger partial charge in [0.1, 0.15) is 5.75 Å². The molecule has 1 aromatic heterocycles. The highest BCUT2D eigenvalue weighted by atomic mass is 32.2. The Hall–Kier alpha value is -1.89. The van der Waals surface area contributed by atoms with E-state index in [1.54, 1.807) is 6.07 Å². The summed E-state index contributed by atoms with van der Waals surface area (Å²) in [5.74, 6) is 0.228. The van der Waals surface area contributed by atoms with Crippen molar-refractivity contribution in [3.05, 3.63) is 18.2 Å². The molecule has 2 aromatic rings. The molecule has 12 heteroatoms. The Morgan fingerprint density at radius 1 is 1.22 bits per heavy atom. The van der Waals surface area contributed by atoms with Gasteiger partial charge in [0.15, 0.2) is 4.34 Å². The molecule has 32 heavy (non-hydrogen) atoms. The maximum absolute atomic E-state index is 13.1. The van der Waals surface area contributed by atoms with Crippen LogP contribution in [0.2, 0.25) is 0 Å². The second kappa shape index (κ2) is 11.3. The first kappa shape index (κ1) is 24.7. The van der Waals surface area contributed by atoms with Crippen molar-refractivity contribution in [2.75, 3.05) is 36.6 Å². The number of ether oxygens (including phenoxy) is 1. The fourth-order valence-electron chi connectivity index (χ4n) is 3.26. The van der Waals surface area contributed by atoms with Crippen molar-refractivity contribution in [1.82, 2.24) is 14.5 Å². The van der Waals surface area contributed by atoms with E-state index in [-0.39, 0.29) is 22.6 Å². The van der Waals surface area contributed by atoms with Crippen LogP contribution < -0.4 is 15.4 Å². The van der Waals surface area contributed by atoms with E-state index in [4.69, 9.17) is 4.74 Å². The number of sulfonamides is 1. The molecule has 3 rings (SSSR count). The summed E-state index contributed by atoms with van der Waals surface area (Å²) < 4.78 is 33.8. The lowest BCUT2D eigenvalue weighted by Gasteiger charge is -2.21. The molecule has 176 valence electrons. The zero-order valence-electron chi connectivity index (χ0n) is 18.5. The van der Waals surface area contributed by atoms with Crippen molar-refractivity contribution in [2.24, 2.45) is 0 Å². The minimum Gasteiger partial charge on any atom is -0.495 e. The number of nitrogens with zero attached hydrogens (tertiary/aromatic N) is 3. The second-order valence-electron chi connectivity index (χ2n) is 7.69. The average Bonchev–Trinajstić information content (AvgIpc) is 3.00. The highest BCUT2D eigenvalue weighted by Crippen LogP contribution is 2.31. The number of nitrogens with one attached hydrogen (secondary N) is 2. The van der Waals surface area contributed by atoms with Crippen LogP contribution in [-0.2, 0) is 14.8 Å². The highest BCUT2D eigenvalue weighted by molar-refractivity contribution is 8.01. The van der Waals surface area contributed by atoms with Gasteiger partial charge in [-0.15, -0.1) is 10.2 Å². The molecule has 1 aliphatic heterocycles. The summed E-state index contributed by atoms with van der Waals surface area (Å²) in [6, 6.07) is 4.81. The van der Waals surface area contributed by atoms with Crippen LogP contribution in [0.25, 0.3) is 0 Å². The average molecular weight is 500 g/mol. The van der Waals surface area contributed by atoms with Crippen molar-refractivity contribution in [3.63, 3.8) is 0 Å². The van der Waals surface area contributed by atoms with Gasteiger partial charge in [0.2, 0.25) is 21.1 Å². The van der Waals surface area contributed by atoms with Crippen LogP contribution in [0, 0.1) is 0 Å². The van der Waals surface area contributed by atoms with Gasteiger partial charge in [-0.1, -0.05) is 35.9 Å². The number of hydrogen-bond acceptors (Lipinski definition) is 9. The first-order chi connectivity index (χ1) is 15.3. The zero-order chi connectivity index (χ0) is 23.1. The molecule has 0 unspecified atom stereocenters. The number of benzene rings is 1. The van der Waals surface area contributed by atoms with E-state index >= 15 is 0 Å². The molecule has 1 aromatic carbocycles. The lowest BCUT2D eigenvalue weighted by Crippen LogP contribution is -2.32. The van der Waals surface area contributed by atoms with Gasteiger partial charge < -0.3 is 15.4 Å². The normalized spacial score (nSPS) is 15.4. The zero-order valence-corrected chi connectivity index (χ0v) is 20.9. The lowest BCUT2D eigenvalue weighted by atomic mass is 10.2.